The summed E-state index contributed by atoms with van der Waals surface area (Å²) >= 11 is 0. The lowest BCUT2D eigenvalue weighted by molar-refractivity contribution is 0.0920. The number of carbonyl (C=O) groups excluding carboxylic acids is 1. The number of nitrogens with two attached hydrogens (primary N) is 1. The minimum atomic E-state index is -0.235. The molecule has 0 aliphatic heterocycles. The maximum atomic E-state index is 12.5. The van der Waals surface area contributed by atoms with Crippen molar-refractivity contribution >= 4 is 28.6 Å². The number of benzene rings is 1. The molecular formula is C24H26N8O. The molecule has 9 heteroatoms. The maximum absolute atomic E-state index is 12.5. The Morgan fingerprint density at radius 2 is 1.97 bits per heavy atom. The number of para-hydroxylation sites is 1. The van der Waals surface area contributed by atoms with Gasteiger partial charge in [-0.3, -0.25) is 4.79 Å². The molecule has 1 aliphatic carbocycles. The fourth-order valence-corrected chi connectivity index (χ4v) is 4.41. The second-order valence-electron chi connectivity index (χ2n) is 8.49. The van der Waals surface area contributed by atoms with Crippen LogP contribution in [0.2, 0.25) is 0 Å². The zero-order valence-corrected chi connectivity index (χ0v) is 18.4. The maximum Gasteiger partial charge on any atom is 0.272 e. The average molecular weight is 443 g/mol. The summed E-state index contributed by atoms with van der Waals surface area (Å²) in [4.78, 5) is 25.2. The first kappa shape index (κ1) is 20.9. The van der Waals surface area contributed by atoms with Gasteiger partial charge in [0.25, 0.3) is 5.91 Å². The molecule has 4 aromatic rings. The van der Waals surface area contributed by atoms with Gasteiger partial charge in [0, 0.05) is 40.9 Å². The van der Waals surface area contributed by atoms with Gasteiger partial charge in [-0.25, -0.2) is 9.97 Å². The molecule has 33 heavy (non-hydrogen) atoms. The smallest absolute Gasteiger partial charge is 0.272 e. The van der Waals surface area contributed by atoms with Crippen LogP contribution in [0.25, 0.3) is 22.2 Å². The van der Waals surface area contributed by atoms with Crippen molar-refractivity contribution in [3.8, 4) is 11.3 Å². The monoisotopic (exact) mass is 442 g/mol. The number of fused-ring (bicyclic) bond motifs is 1. The van der Waals surface area contributed by atoms with Crippen molar-refractivity contribution < 1.29 is 4.79 Å². The van der Waals surface area contributed by atoms with Gasteiger partial charge in [0.2, 0.25) is 5.95 Å². The molecule has 9 nitrogen and oxygen atoms in total. The number of aromatic amines is 1. The summed E-state index contributed by atoms with van der Waals surface area (Å²) in [5.41, 5.74) is 9.89. The molecule has 3 aromatic heterocycles. The van der Waals surface area contributed by atoms with E-state index in [2.05, 4.69) is 42.9 Å². The molecule has 0 spiro atoms. The number of rotatable bonds is 5. The first-order valence-electron chi connectivity index (χ1n) is 11.1. The Kier molecular flexibility index (Phi) is 5.60. The minimum Gasteiger partial charge on any atom is -0.382 e. The van der Waals surface area contributed by atoms with Gasteiger partial charge in [-0.05, 0) is 56.4 Å². The number of hydrogen-bond acceptors (Lipinski definition) is 7. The average Bonchev–Trinajstić information content (AvgIpc) is 3.25. The van der Waals surface area contributed by atoms with Crippen molar-refractivity contribution in [3.05, 3.63) is 60.0 Å². The summed E-state index contributed by atoms with van der Waals surface area (Å²) in [5.74, 6) is 0.655. The first-order valence-corrected chi connectivity index (χ1v) is 11.1. The van der Waals surface area contributed by atoms with E-state index in [0.717, 1.165) is 53.4 Å². The summed E-state index contributed by atoms with van der Waals surface area (Å²) in [5, 5.41) is 15.3. The number of carbonyl (C=O) groups is 1. The number of nitrogens with one attached hydrogen (secondary N) is 3. The van der Waals surface area contributed by atoms with Gasteiger partial charge >= 0.3 is 0 Å². The zero-order chi connectivity index (χ0) is 22.8. The summed E-state index contributed by atoms with van der Waals surface area (Å²) < 4.78 is 0. The molecular weight excluding hydrogens is 416 g/mol. The molecule has 2 atom stereocenters. The third kappa shape index (κ3) is 4.48. The highest BCUT2D eigenvalue weighted by atomic mass is 16.2. The minimum absolute atomic E-state index is 0.0432. The lowest BCUT2D eigenvalue weighted by Gasteiger charge is -2.30. The van der Waals surface area contributed by atoms with Crippen LogP contribution in [0.1, 0.15) is 41.7 Å². The Labute approximate surface area is 191 Å². The fourth-order valence-electron chi connectivity index (χ4n) is 4.41. The van der Waals surface area contributed by atoms with Crippen LogP contribution in [-0.2, 0) is 0 Å². The summed E-state index contributed by atoms with van der Waals surface area (Å²) in [6, 6.07) is 11.6. The van der Waals surface area contributed by atoms with Crippen molar-refractivity contribution in [1.82, 2.24) is 30.5 Å². The van der Waals surface area contributed by atoms with E-state index >= 15 is 0 Å². The van der Waals surface area contributed by atoms with Crippen LogP contribution in [0.15, 0.2) is 48.8 Å². The first-order chi connectivity index (χ1) is 16.1. The van der Waals surface area contributed by atoms with E-state index in [9.17, 15) is 4.79 Å². The van der Waals surface area contributed by atoms with Gasteiger partial charge in [0.1, 0.15) is 5.82 Å². The largest absolute Gasteiger partial charge is 0.382 e. The van der Waals surface area contributed by atoms with E-state index in [1.54, 1.807) is 12.1 Å². The van der Waals surface area contributed by atoms with Crippen LogP contribution in [0.4, 0.5) is 11.8 Å². The van der Waals surface area contributed by atoms with Crippen LogP contribution in [0.5, 0.6) is 0 Å². The van der Waals surface area contributed by atoms with Crippen molar-refractivity contribution in [1.29, 1.82) is 0 Å². The molecule has 1 aromatic carbocycles. The van der Waals surface area contributed by atoms with Gasteiger partial charge in [-0.2, -0.15) is 0 Å². The van der Waals surface area contributed by atoms with E-state index in [1.807, 2.05) is 31.5 Å². The zero-order valence-electron chi connectivity index (χ0n) is 18.4. The Bertz CT molecular complexity index is 1280. The lowest BCUT2D eigenvalue weighted by Crippen LogP contribution is -2.42. The molecule has 5 rings (SSSR count). The number of amides is 1. The number of nitrogen functional groups attached to an aromatic ring is 1. The second-order valence-corrected chi connectivity index (χ2v) is 8.49. The Balaban J connectivity index is 1.29. The molecule has 1 aliphatic rings. The second kappa shape index (κ2) is 8.85. The van der Waals surface area contributed by atoms with Gasteiger partial charge in [-0.15, -0.1) is 10.2 Å². The normalized spacial score (nSPS) is 18.2. The van der Waals surface area contributed by atoms with Gasteiger partial charge in [-0.1, -0.05) is 18.2 Å². The van der Waals surface area contributed by atoms with Crippen LogP contribution >= 0.6 is 0 Å². The topological polar surface area (TPSA) is 134 Å². The molecule has 5 N–H and O–H groups in total. The Morgan fingerprint density at radius 3 is 2.82 bits per heavy atom. The molecule has 1 amide bonds. The predicted octanol–water partition coefficient (Wildman–Crippen LogP) is 3.46. The van der Waals surface area contributed by atoms with E-state index in [1.165, 1.54) is 0 Å². The number of aryl methyl sites for hydroxylation is 1. The lowest BCUT2D eigenvalue weighted by atomic mass is 9.91. The van der Waals surface area contributed by atoms with E-state index in [4.69, 9.17) is 10.7 Å². The highest BCUT2D eigenvalue weighted by Crippen LogP contribution is 2.30. The van der Waals surface area contributed by atoms with E-state index in [-0.39, 0.29) is 23.7 Å². The molecule has 1 saturated carbocycles. The SMILES string of the molecule is Cc1cnc(N[C@@H]2CCC[C@H](NC(=O)c3ccc(N)nn3)C2)nc1-c1c[nH]c2ccccc12. The van der Waals surface area contributed by atoms with Crippen LogP contribution in [-0.4, -0.2) is 43.1 Å². The van der Waals surface area contributed by atoms with Crippen LogP contribution in [0, 0.1) is 6.92 Å². The summed E-state index contributed by atoms with van der Waals surface area (Å²) in [6.07, 6.45) is 7.55. The molecule has 1 fully saturated rings. The summed E-state index contributed by atoms with van der Waals surface area (Å²) in [6.45, 7) is 2.02. The fraction of sp³-hybridized carbons (Fsp3) is 0.292. The van der Waals surface area contributed by atoms with Crippen molar-refractivity contribution in [2.24, 2.45) is 0 Å². The van der Waals surface area contributed by atoms with E-state index in [0.29, 0.717) is 11.8 Å². The molecule has 0 bridgehead atoms. The molecule has 0 saturated heterocycles. The molecule has 0 radical (unpaired) electrons. The molecule has 168 valence electrons. The molecule has 0 unspecified atom stereocenters. The van der Waals surface area contributed by atoms with Gasteiger partial charge in [0.15, 0.2) is 5.69 Å². The number of anilines is 2. The Hall–Kier alpha value is -4.01. The van der Waals surface area contributed by atoms with Gasteiger partial charge < -0.3 is 21.4 Å². The number of H-pyrrole nitrogens is 1. The number of aromatic nitrogens is 5. The standard InChI is InChI=1S/C24H26N8O/c1-14-12-27-24(30-22(14)18-13-26-19-8-3-2-7-17(18)19)29-16-6-4-5-15(11-16)28-23(33)20-9-10-21(25)32-31-20/h2-3,7-10,12-13,15-16,26H,4-6,11H2,1H3,(H2,25,32)(H,28,33)(H,27,29,30)/t15-,16+/m0/s1. The van der Waals surface area contributed by atoms with Crippen LogP contribution in [0.3, 0.4) is 0 Å². The Morgan fingerprint density at radius 1 is 1.12 bits per heavy atom. The van der Waals surface area contributed by atoms with Crippen LogP contribution < -0.4 is 16.4 Å². The quantitative estimate of drug-likeness (QED) is 0.372. The van der Waals surface area contributed by atoms with Crippen molar-refractivity contribution in [2.45, 2.75) is 44.7 Å². The molecule has 3 heterocycles. The van der Waals surface area contributed by atoms with Gasteiger partial charge in [0.05, 0.1) is 5.69 Å². The highest BCUT2D eigenvalue weighted by Gasteiger charge is 2.25. The third-order valence-electron chi connectivity index (χ3n) is 6.08. The van der Waals surface area contributed by atoms with E-state index < -0.39 is 0 Å². The van der Waals surface area contributed by atoms with Crippen molar-refractivity contribution in [3.63, 3.8) is 0 Å². The highest BCUT2D eigenvalue weighted by molar-refractivity contribution is 5.95. The number of nitrogens with zero attached hydrogens (tertiary/aromatic N) is 4. The third-order valence-corrected chi connectivity index (χ3v) is 6.08. The predicted molar refractivity (Wildman–Crippen MR) is 128 cm³/mol. The van der Waals surface area contributed by atoms with Crippen molar-refractivity contribution in [2.75, 3.05) is 11.1 Å². The summed E-state index contributed by atoms with van der Waals surface area (Å²) in [7, 11) is 0. The number of hydrogen-bond donors (Lipinski definition) is 4.